The molecule has 0 aliphatic carbocycles. The number of amides is 1. The summed E-state index contributed by atoms with van der Waals surface area (Å²) in [5.41, 5.74) is 0.267. The number of hydrogen-bond donors (Lipinski definition) is 2. The fraction of sp³-hybridized carbons (Fsp3) is 0.364. The van der Waals surface area contributed by atoms with E-state index >= 15 is 0 Å². The van der Waals surface area contributed by atoms with Gasteiger partial charge in [0.25, 0.3) is 5.56 Å². The van der Waals surface area contributed by atoms with Gasteiger partial charge in [0.05, 0.1) is 6.54 Å². The second kappa shape index (κ2) is 5.29. The Bertz CT molecular complexity index is 492. The Hall–Kier alpha value is -2.11. The van der Waals surface area contributed by atoms with Gasteiger partial charge in [-0.15, -0.1) is 0 Å². The van der Waals surface area contributed by atoms with Gasteiger partial charge in [-0.05, 0) is 13.0 Å². The Morgan fingerprint density at radius 3 is 2.71 bits per heavy atom. The summed E-state index contributed by atoms with van der Waals surface area (Å²) < 4.78 is 1.27. The molecule has 0 bridgehead atoms. The lowest BCUT2D eigenvalue weighted by Crippen LogP contribution is -2.44. The molecule has 1 aromatic rings. The van der Waals surface area contributed by atoms with Gasteiger partial charge in [-0.25, -0.2) is 4.79 Å². The molecule has 17 heavy (non-hydrogen) atoms. The van der Waals surface area contributed by atoms with Crippen LogP contribution < -0.4 is 10.9 Å². The van der Waals surface area contributed by atoms with Crippen molar-refractivity contribution in [3.8, 4) is 0 Å². The van der Waals surface area contributed by atoms with Crippen LogP contribution in [-0.2, 0) is 16.1 Å². The molecule has 0 saturated heterocycles. The van der Waals surface area contributed by atoms with Crippen LogP contribution in [0.5, 0.6) is 0 Å². The Labute approximate surface area is 97.9 Å². The molecule has 0 fully saturated rings. The van der Waals surface area contributed by atoms with Gasteiger partial charge in [0, 0.05) is 18.7 Å². The van der Waals surface area contributed by atoms with E-state index in [2.05, 4.69) is 5.32 Å². The minimum absolute atomic E-state index is 0.0879. The third-order valence-corrected chi connectivity index (χ3v) is 2.27. The molecule has 6 heteroatoms. The lowest BCUT2D eigenvalue weighted by Gasteiger charge is -2.14. The number of carbonyl (C=O) groups is 2. The van der Waals surface area contributed by atoms with E-state index in [1.54, 1.807) is 19.1 Å². The molecule has 1 heterocycles. The van der Waals surface area contributed by atoms with E-state index in [4.69, 9.17) is 5.11 Å². The lowest BCUT2D eigenvalue weighted by atomic mass is 10.2. The van der Waals surface area contributed by atoms with Gasteiger partial charge in [-0.2, -0.15) is 0 Å². The second-order valence-electron chi connectivity index (χ2n) is 3.74. The molecule has 0 aromatic carbocycles. The van der Waals surface area contributed by atoms with Gasteiger partial charge in [-0.3, -0.25) is 9.59 Å². The van der Waals surface area contributed by atoms with Crippen molar-refractivity contribution >= 4 is 11.9 Å². The summed E-state index contributed by atoms with van der Waals surface area (Å²) in [6, 6.07) is 2.20. The fourth-order valence-corrected chi connectivity index (χ4v) is 1.43. The zero-order chi connectivity index (χ0) is 13.0. The lowest BCUT2D eigenvalue weighted by molar-refractivity contribution is -0.141. The average Bonchev–Trinajstić information content (AvgIpc) is 2.22. The van der Waals surface area contributed by atoms with Crippen molar-refractivity contribution in [2.45, 2.75) is 26.4 Å². The molecule has 1 amide bonds. The number of carboxylic acids is 1. The molecule has 0 aliphatic heterocycles. The number of carbonyl (C=O) groups excluding carboxylic acids is 1. The van der Waals surface area contributed by atoms with Crippen LogP contribution in [0.15, 0.2) is 23.1 Å². The number of aliphatic carboxylic acids is 1. The molecule has 92 valence electrons. The molecule has 1 aromatic heterocycles. The highest BCUT2D eigenvalue weighted by Gasteiger charge is 2.19. The first-order valence-corrected chi connectivity index (χ1v) is 5.07. The number of hydrogen-bond acceptors (Lipinski definition) is 3. The standard InChI is InChI=1S/C11H14N2O4/c1-7-4-3-5-13(10(7)15)6-9(11(16)17)12-8(2)14/h3-5,9H,6H2,1-2H3,(H,12,14)(H,16,17). The smallest absolute Gasteiger partial charge is 0.328 e. The Morgan fingerprint density at radius 2 is 2.18 bits per heavy atom. The predicted octanol–water partition coefficient (Wildman–Crippen LogP) is -0.254. The zero-order valence-corrected chi connectivity index (χ0v) is 9.64. The van der Waals surface area contributed by atoms with E-state index in [-0.39, 0.29) is 12.1 Å². The number of aryl methyl sites for hydroxylation is 1. The monoisotopic (exact) mass is 238 g/mol. The van der Waals surface area contributed by atoms with Crippen LogP contribution in [-0.4, -0.2) is 27.6 Å². The topological polar surface area (TPSA) is 88.4 Å². The summed E-state index contributed by atoms with van der Waals surface area (Å²) in [5, 5.41) is 11.2. The predicted molar refractivity (Wildman–Crippen MR) is 60.7 cm³/mol. The largest absolute Gasteiger partial charge is 0.480 e. The number of nitrogens with zero attached hydrogens (tertiary/aromatic N) is 1. The van der Waals surface area contributed by atoms with Gasteiger partial charge in [0.2, 0.25) is 5.91 Å². The van der Waals surface area contributed by atoms with Crippen molar-refractivity contribution in [1.82, 2.24) is 9.88 Å². The molecule has 0 saturated carbocycles. The van der Waals surface area contributed by atoms with Gasteiger partial charge in [-0.1, -0.05) is 6.07 Å². The van der Waals surface area contributed by atoms with E-state index in [0.717, 1.165) is 0 Å². The highest BCUT2D eigenvalue weighted by Crippen LogP contribution is 1.94. The fourth-order valence-electron chi connectivity index (χ4n) is 1.43. The van der Waals surface area contributed by atoms with Gasteiger partial charge >= 0.3 is 5.97 Å². The molecule has 1 unspecified atom stereocenters. The minimum Gasteiger partial charge on any atom is -0.480 e. The van der Waals surface area contributed by atoms with Gasteiger partial charge in [0.15, 0.2) is 0 Å². The molecular weight excluding hydrogens is 224 g/mol. The van der Waals surface area contributed by atoms with Crippen LogP contribution in [0.3, 0.4) is 0 Å². The number of pyridine rings is 1. The Kier molecular flexibility index (Phi) is 4.03. The highest BCUT2D eigenvalue weighted by atomic mass is 16.4. The first kappa shape index (κ1) is 13.0. The molecular formula is C11H14N2O4. The van der Waals surface area contributed by atoms with Gasteiger partial charge in [0.1, 0.15) is 6.04 Å². The van der Waals surface area contributed by atoms with Crippen molar-refractivity contribution in [2.75, 3.05) is 0 Å². The minimum atomic E-state index is -1.17. The van der Waals surface area contributed by atoms with Crippen molar-refractivity contribution < 1.29 is 14.7 Å². The summed E-state index contributed by atoms with van der Waals surface area (Å²) in [7, 11) is 0. The molecule has 0 spiro atoms. The average molecular weight is 238 g/mol. The van der Waals surface area contributed by atoms with Crippen molar-refractivity contribution in [2.24, 2.45) is 0 Å². The van der Waals surface area contributed by atoms with Gasteiger partial charge < -0.3 is 15.0 Å². The summed E-state index contributed by atoms with van der Waals surface area (Å²) >= 11 is 0. The summed E-state index contributed by atoms with van der Waals surface area (Å²) in [6.45, 7) is 2.79. The number of rotatable bonds is 4. The number of aromatic nitrogens is 1. The molecule has 0 aliphatic rings. The van der Waals surface area contributed by atoms with Crippen molar-refractivity contribution in [3.05, 3.63) is 34.2 Å². The van der Waals surface area contributed by atoms with Crippen LogP contribution in [0.1, 0.15) is 12.5 Å². The maximum atomic E-state index is 11.7. The SMILES string of the molecule is CC(=O)NC(Cn1cccc(C)c1=O)C(=O)O. The van der Waals surface area contributed by atoms with E-state index in [9.17, 15) is 14.4 Å². The maximum Gasteiger partial charge on any atom is 0.328 e. The van der Waals surface area contributed by atoms with Crippen molar-refractivity contribution in [1.29, 1.82) is 0 Å². The maximum absolute atomic E-state index is 11.7. The highest BCUT2D eigenvalue weighted by molar-refractivity contribution is 5.81. The normalized spacial score (nSPS) is 11.9. The summed E-state index contributed by atoms with van der Waals surface area (Å²) in [6.07, 6.45) is 1.49. The molecule has 6 nitrogen and oxygen atoms in total. The van der Waals surface area contributed by atoms with E-state index in [1.807, 2.05) is 0 Å². The molecule has 0 radical (unpaired) electrons. The Balaban J connectivity index is 2.94. The first-order chi connectivity index (χ1) is 7.91. The second-order valence-corrected chi connectivity index (χ2v) is 3.74. The Morgan fingerprint density at radius 1 is 1.53 bits per heavy atom. The third kappa shape index (κ3) is 3.44. The summed E-state index contributed by atoms with van der Waals surface area (Å²) in [5.74, 6) is -1.62. The van der Waals surface area contributed by atoms with Crippen LogP contribution in [0, 0.1) is 6.92 Å². The van der Waals surface area contributed by atoms with E-state index in [0.29, 0.717) is 5.56 Å². The quantitative estimate of drug-likeness (QED) is 0.756. The molecule has 2 N–H and O–H groups in total. The summed E-state index contributed by atoms with van der Waals surface area (Å²) in [4.78, 5) is 33.4. The third-order valence-electron chi connectivity index (χ3n) is 2.27. The van der Waals surface area contributed by atoms with Crippen LogP contribution in [0.4, 0.5) is 0 Å². The van der Waals surface area contributed by atoms with E-state index in [1.165, 1.54) is 17.7 Å². The first-order valence-electron chi connectivity index (χ1n) is 5.07. The van der Waals surface area contributed by atoms with E-state index < -0.39 is 17.9 Å². The van der Waals surface area contributed by atoms with Crippen molar-refractivity contribution in [3.63, 3.8) is 0 Å². The van der Waals surface area contributed by atoms with Crippen LogP contribution in [0.2, 0.25) is 0 Å². The number of nitrogens with one attached hydrogen (secondary N) is 1. The molecule has 1 rings (SSSR count). The molecule has 1 atom stereocenters. The van der Waals surface area contributed by atoms with Crippen LogP contribution in [0.25, 0.3) is 0 Å². The number of carboxylic acid groups (broad SMARTS) is 1. The van der Waals surface area contributed by atoms with Crippen LogP contribution >= 0.6 is 0 Å². The zero-order valence-electron chi connectivity index (χ0n) is 9.64.